The maximum Gasteiger partial charge on any atom is 0.220 e. The molecule has 0 spiro atoms. The zero-order valence-electron chi connectivity index (χ0n) is 14.3. The molecule has 5 nitrogen and oxygen atoms in total. The number of benzene rings is 1. The van der Waals surface area contributed by atoms with E-state index in [1.54, 1.807) is 7.05 Å². The van der Waals surface area contributed by atoms with Crippen molar-refractivity contribution in [3.63, 3.8) is 0 Å². The van der Waals surface area contributed by atoms with Crippen LogP contribution in [0.3, 0.4) is 0 Å². The van der Waals surface area contributed by atoms with Gasteiger partial charge in [-0.1, -0.05) is 31.2 Å². The van der Waals surface area contributed by atoms with Gasteiger partial charge in [-0.25, -0.2) is 0 Å². The first-order valence-corrected chi connectivity index (χ1v) is 8.59. The Labute approximate surface area is 142 Å². The van der Waals surface area contributed by atoms with Crippen molar-refractivity contribution >= 4 is 16.8 Å². The molecule has 5 heteroatoms. The van der Waals surface area contributed by atoms with Gasteiger partial charge in [0, 0.05) is 44.4 Å². The number of likely N-dealkylation sites (tertiary alicyclic amines) is 1. The highest BCUT2D eigenvalue weighted by atomic mass is 16.3. The predicted molar refractivity (Wildman–Crippen MR) is 94.6 cm³/mol. The minimum atomic E-state index is -0.450. The van der Waals surface area contributed by atoms with Crippen LogP contribution in [0.5, 0.6) is 0 Å². The molecule has 1 aromatic carbocycles. The molecule has 2 aromatic rings. The molecule has 24 heavy (non-hydrogen) atoms. The van der Waals surface area contributed by atoms with Gasteiger partial charge in [0.25, 0.3) is 0 Å². The summed E-state index contributed by atoms with van der Waals surface area (Å²) in [5.41, 5.74) is 3.34. The van der Waals surface area contributed by atoms with E-state index in [1.807, 2.05) is 0 Å². The summed E-state index contributed by atoms with van der Waals surface area (Å²) in [5.74, 6) is -0.0195. The summed E-state index contributed by atoms with van der Waals surface area (Å²) in [6, 6.07) is 10.5. The van der Waals surface area contributed by atoms with Crippen molar-refractivity contribution in [1.82, 2.24) is 15.2 Å². The Hall–Kier alpha value is -1.98. The molecule has 1 saturated heterocycles. The van der Waals surface area contributed by atoms with E-state index < -0.39 is 6.10 Å². The van der Waals surface area contributed by atoms with Crippen molar-refractivity contribution < 1.29 is 9.90 Å². The topological polar surface area (TPSA) is 65.5 Å². The summed E-state index contributed by atoms with van der Waals surface area (Å²) < 4.78 is 0. The molecule has 2 atom stereocenters. The largest absolute Gasteiger partial charge is 0.391 e. The van der Waals surface area contributed by atoms with Gasteiger partial charge in [-0.05, 0) is 18.1 Å². The quantitative estimate of drug-likeness (QED) is 0.878. The van der Waals surface area contributed by atoms with E-state index in [2.05, 4.69) is 47.5 Å². The minimum Gasteiger partial charge on any atom is -0.391 e. The Morgan fingerprint density at radius 3 is 2.92 bits per heavy atom. The molecule has 128 valence electrons. The van der Waals surface area contributed by atoms with Gasteiger partial charge in [-0.3, -0.25) is 14.7 Å². The second kappa shape index (κ2) is 7.28. The highest BCUT2D eigenvalue weighted by Crippen LogP contribution is 2.23. The fraction of sp³-hybridized carbons (Fsp3) is 0.474. The number of para-hydroxylation sites is 1. The molecule has 1 amide bonds. The SMILES string of the molecule is CCc1cccc2ccc(CN3C[C@@H](CC(=O)NC)[C@H](O)C3)nc12. The number of hydrogen-bond acceptors (Lipinski definition) is 4. The zero-order valence-corrected chi connectivity index (χ0v) is 14.3. The van der Waals surface area contributed by atoms with Crippen LogP contribution in [0.25, 0.3) is 10.9 Å². The number of aryl methyl sites for hydroxylation is 1. The second-order valence-corrected chi connectivity index (χ2v) is 6.54. The molecule has 1 fully saturated rings. The Morgan fingerprint density at radius 1 is 1.33 bits per heavy atom. The van der Waals surface area contributed by atoms with Crippen molar-refractivity contribution in [2.45, 2.75) is 32.4 Å². The van der Waals surface area contributed by atoms with Crippen molar-refractivity contribution in [1.29, 1.82) is 0 Å². The number of aliphatic hydroxyl groups excluding tert-OH is 1. The lowest BCUT2D eigenvalue weighted by molar-refractivity contribution is -0.122. The number of rotatable bonds is 5. The summed E-state index contributed by atoms with van der Waals surface area (Å²) in [7, 11) is 1.63. The number of amides is 1. The molecule has 0 unspecified atom stereocenters. The first kappa shape index (κ1) is 16.9. The highest BCUT2D eigenvalue weighted by Gasteiger charge is 2.32. The van der Waals surface area contributed by atoms with Crippen molar-refractivity contribution in [2.75, 3.05) is 20.1 Å². The zero-order chi connectivity index (χ0) is 17.1. The maximum atomic E-state index is 11.5. The van der Waals surface area contributed by atoms with Gasteiger partial charge in [0.15, 0.2) is 0 Å². The molecule has 1 aromatic heterocycles. The van der Waals surface area contributed by atoms with Gasteiger partial charge in [-0.15, -0.1) is 0 Å². The summed E-state index contributed by atoms with van der Waals surface area (Å²) in [5, 5.41) is 14.0. The number of hydrogen-bond donors (Lipinski definition) is 2. The summed E-state index contributed by atoms with van der Waals surface area (Å²) >= 11 is 0. The van der Waals surface area contributed by atoms with Crippen LogP contribution in [0.4, 0.5) is 0 Å². The van der Waals surface area contributed by atoms with E-state index in [9.17, 15) is 9.90 Å². The number of aliphatic hydroxyl groups is 1. The van der Waals surface area contributed by atoms with Crippen LogP contribution < -0.4 is 5.32 Å². The van der Waals surface area contributed by atoms with Gasteiger partial charge in [0.1, 0.15) is 0 Å². The third-order valence-corrected chi connectivity index (χ3v) is 4.84. The normalized spacial score (nSPS) is 21.3. The van der Waals surface area contributed by atoms with E-state index >= 15 is 0 Å². The number of fused-ring (bicyclic) bond motifs is 1. The number of nitrogens with one attached hydrogen (secondary N) is 1. The van der Waals surface area contributed by atoms with E-state index in [-0.39, 0.29) is 11.8 Å². The third-order valence-electron chi connectivity index (χ3n) is 4.84. The van der Waals surface area contributed by atoms with Crippen LogP contribution in [0.2, 0.25) is 0 Å². The number of carbonyl (C=O) groups is 1. The lowest BCUT2D eigenvalue weighted by Gasteiger charge is -2.15. The first-order chi connectivity index (χ1) is 11.6. The second-order valence-electron chi connectivity index (χ2n) is 6.54. The average molecular weight is 327 g/mol. The summed E-state index contributed by atoms with van der Waals surface area (Å²) in [6.45, 7) is 4.17. The van der Waals surface area contributed by atoms with Crippen LogP contribution in [-0.4, -0.2) is 47.1 Å². The van der Waals surface area contributed by atoms with Crippen LogP contribution in [0.15, 0.2) is 30.3 Å². The van der Waals surface area contributed by atoms with Crippen LogP contribution in [-0.2, 0) is 17.8 Å². The molecule has 1 aliphatic rings. The van der Waals surface area contributed by atoms with Gasteiger partial charge < -0.3 is 10.4 Å². The molecule has 0 aliphatic carbocycles. The number of nitrogens with zero attached hydrogens (tertiary/aromatic N) is 2. The molecule has 2 N–H and O–H groups in total. The van der Waals surface area contributed by atoms with Crippen molar-refractivity contribution in [3.8, 4) is 0 Å². The number of β-amino-alcohol motifs (C(OH)–C–C–N with tert-alkyl or cyclic N) is 1. The van der Waals surface area contributed by atoms with Gasteiger partial charge >= 0.3 is 0 Å². The molecular weight excluding hydrogens is 302 g/mol. The molecule has 0 radical (unpaired) electrons. The number of pyridine rings is 1. The van der Waals surface area contributed by atoms with E-state index in [1.165, 1.54) is 5.56 Å². The van der Waals surface area contributed by atoms with E-state index in [0.717, 1.165) is 29.6 Å². The highest BCUT2D eigenvalue weighted by molar-refractivity contribution is 5.82. The monoisotopic (exact) mass is 327 g/mol. The maximum absolute atomic E-state index is 11.5. The molecule has 0 bridgehead atoms. The Balaban J connectivity index is 1.72. The summed E-state index contributed by atoms with van der Waals surface area (Å²) in [4.78, 5) is 18.6. The Bertz CT molecular complexity index is 732. The lowest BCUT2D eigenvalue weighted by Crippen LogP contribution is -2.27. The predicted octanol–water partition coefficient (Wildman–Crippen LogP) is 1.73. The number of aromatic nitrogens is 1. The lowest BCUT2D eigenvalue weighted by atomic mass is 10.0. The van der Waals surface area contributed by atoms with E-state index in [4.69, 9.17) is 4.98 Å². The average Bonchev–Trinajstić information content (AvgIpc) is 2.93. The third kappa shape index (κ3) is 3.57. The van der Waals surface area contributed by atoms with E-state index in [0.29, 0.717) is 19.5 Å². The van der Waals surface area contributed by atoms with Crippen LogP contribution in [0, 0.1) is 5.92 Å². The van der Waals surface area contributed by atoms with Crippen molar-refractivity contribution in [2.24, 2.45) is 5.92 Å². The molecule has 3 rings (SSSR count). The fourth-order valence-electron chi connectivity index (χ4n) is 3.46. The van der Waals surface area contributed by atoms with Crippen LogP contribution >= 0.6 is 0 Å². The standard InChI is InChI=1S/C19H25N3O2/c1-3-13-5-4-6-14-7-8-16(21-19(13)14)11-22-10-15(17(23)12-22)9-18(24)20-2/h4-8,15,17,23H,3,9-12H2,1-2H3,(H,20,24)/t15-,17-/m1/s1. The van der Waals surface area contributed by atoms with Gasteiger partial charge in [0.2, 0.25) is 5.91 Å². The van der Waals surface area contributed by atoms with Gasteiger partial charge in [-0.2, -0.15) is 0 Å². The number of carbonyl (C=O) groups excluding carboxylic acids is 1. The Morgan fingerprint density at radius 2 is 2.17 bits per heavy atom. The minimum absolute atomic E-state index is 0.00314. The first-order valence-electron chi connectivity index (χ1n) is 8.59. The summed E-state index contributed by atoms with van der Waals surface area (Å²) in [6.07, 6.45) is 0.887. The smallest absolute Gasteiger partial charge is 0.220 e. The fourth-order valence-corrected chi connectivity index (χ4v) is 3.46. The van der Waals surface area contributed by atoms with Gasteiger partial charge in [0.05, 0.1) is 17.3 Å². The molecular formula is C19H25N3O2. The van der Waals surface area contributed by atoms with Crippen LogP contribution in [0.1, 0.15) is 24.6 Å². The molecule has 0 saturated carbocycles. The molecule has 2 heterocycles. The Kier molecular flexibility index (Phi) is 5.11. The van der Waals surface area contributed by atoms with Crippen molar-refractivity contribution in [3.05, 3.63) is 41.6 Å². The molecule has 1 aliphatic heterocycles.